The highest BCUT2D eigenvalue weighted by Crippen LogP contribution is 2.38. The standard InChI is InChI=1S/C12H19N3/c1-4-15-10-7-5-6-9(13)11(10)14-8-12(15,2)3/h5-7,14H,4,8,13H2,1-3H3. The fraction of sp³-hybridized carbons (Fsp3) is 0.500. The van der Waals surface area contributed by atoms with Gasteiger partial charge in [0, 0.05) is 13.1 Å². The maximum absolute atomic E-state index is 5.96. The summed E-state index contributed by atoms with van der Waals surface area (Å²) in [7, 11) is 0. The van der Waals surface area contributed by atoms with Crippen LogP contribution in [0.5, 0.6) is 0 Å². The molecule has 0 unspecified atom stereocenters. The molecule has 0 saturated carbocycles. The summed E-state index contributed by atoms with van der Waals surface area (Å²) >= 11 is 0. The first-order valence-corrected chi connectivity index (χ1v) is 5.46. The Hall–Kier alpha value is -1.38. The zero-order chi connectivity index (χ0) is 11.1. The van der Waals surface area contributed by atoms with E-state index in [2.05, 4.69) is 37.1 Å². The molecular weight excluding hydrogens is 186 g/mol. The first-order chi connectivity index (χ1) is 7.06. The number of hydrogen-bond acceptors (Lipinski definition) is 3. The predicted molar refractivity (Wildman–Crippen MR) is 66.4 cm³/mol. The Bertz CT molecular complexity index is 371. The van der Waals surface area contributed by atoms with Gasteiger partial charge < -0.3 is 16.0 Å². The normalized spacial score (nSPS) is 18.2. The first kappa shape index (κ1) is 10.1. The van der Waals surface area contributed by atoms with Crippen molar-refractivity contribution in [2.45, 2.75) is 26.3 Å². The van der Waals surface area contributed by atoms with E-state index in [1.807, 2.05) is 12.1 Å². The molecule has 1 aliphatic rings. The zero-order valence-corrected chi connectivity index (χ0v) is 9.67. The minimum Gasteiger partial charge on any atom is -0.397 e. The van der Waals surface area contributed by atoms with Crippen molar-refractivity contribution in [3.63, 3.8) is 0 Å². The quantitative estimate of drug-likeness (QED) is 0.691. The van der Waals surface area contributed by atoms with Crippen LogP contribution in [0.15, 0.2) is 18.2 Å². The molecule has 3 nitrogen and oxygen atoms in total. The molecule has 1 aromatic carbocycles. The molecule has 2 rings (SSSR count). The molecule has 3 N–H and O–H groups in total. The van der Waals surface area contributed by atoms with Crippen molar-refractivity contribution in [3.05, 3.63) is 18.2 Å². The summed E-state index contributed by atoms with van der Waals surface area (Å²) in [6.07, 6.45) is 0. The Morgan fingerprint density at radius 2 is 2.20 bits per heavy atom. The summed E-state index contributed by atoms with van der Waals surface area (Å²) in [6.45, 7) is 8.61. The number of likely N-dealkylation sites (N-methyl/N-ethyl adjacent to an activating group) is 1. The van der Waals surface area contributed by atoms with Gasteiger partial charge in [0.1, 0.15) is 0 Å². The highest BCUT2D eigenvalue weighted by Gasteiger charge is 2.31. The average molecular weight is 205 g/mol. The average Bonchev–Trinajstić information content (AvgIpc) is 2.16. The second-order valence-electron chi connectivity index (χ2n) is 4.65. The van der Waals surface area contributed by atoms with E-state index in [0.29, 0.717) is 0 Å². The molecule has 1 aromatic rings. The monoisotopic (exact) mass is 205 g/mol. The molecule has 0 fully saturated rings. The summed E-state index contributed by atoms with van der Waals surface area (Å²) in [4.78, 5) is 2.40. The lowest BCUT2D eigenvalue weighted by Crippen LogP contribution is -2.52. The molecular formula is C12H19N3. The van der Waals surface area contributed by atoms with Gasteiger partial charge in [0.25, 0.3) is 0 Å². The molecule has 1 heterocycles. The third kappa shape index (κ3) is 1.52. The molecule has 0 aliphatic carbocycles. The molecule has 3 heteroatoms. The Morgan fingerprint density at radius 1 is 1.47 bits per heavy atom. The molecule has 0 radical (unpaired) electrons. The van der Waals surface area contributed by atoms with Crippen molar-refractivity contribution in [1.82, 2.24) is 0 Å². The Kier molecular flexibility index (Phi) is 2.25. The second kappa shape index (κ2) is 3.33. The van der Waals surface area contributed by atoms with Crippen LogP contribution in [0.3, 0.4) is 0 Å². The Balaban J connectivity index is 2.51. The summed E-state index contributed by atoms with van der Waals surface area (Å²) in [6, 6.07) is 6.08. The van der Waals surface area contributed by atoms with Gasteiger partial charge in [0.15, 0.2) is 0 Å². The number of benzene rings is 1. The summed E-state index contributed by atoms with van der Waals surface area (Å²) < 4.78 is 0. The molecule has 0 bridgehead atoms. The van der Waals surface area contributed by atoms with Crippen LogP contribution in [-0.2, 0) is 0 Å². The van der Waals surface area contributed by atoms with Gasteiger partial charge >= 0.3 is 0 Å². The minimum atomic E-state index is 0.148. The molecule has 0 aromatic heterocycles. The van der Waals surface area contributed by atoms with Gasteiger partial charge in [0.05, 0.1) is 22.6 Å². The number of para-hydroxylation sites is 1. The van der Waals surface area contributed by atoms with E-state index in [0.717, 1.165) is 24.5 Å². The van der Waals surface area contributed by atoms with E-state index < -0.39 is 0 Å². The fourth-order valence-electron chi connectivity index (χ4n) is 2.30. The van der Waals surface area contributed by atoms with Crippen molar-refractivity contribution >= 4 is 17.1 Å². The number of nitrogen functional groups attached to an aromatic ring is 1. The second-order valence-corrected chi connectivity index (χ2v) is 4.65. The highest BCUT2D eigenvalue weighted by molar-refractivity contribution is 5.84. The number of fused-ring (bicyclic) bond motifs is 1. The molecule has 0 amide bonds. The van der Waals surface area contributed by atoms with Crippen molar-refractivity contribution in [3.8, 4) is 0 Å². The highest BCUT2D eigenvalue weighted by atomic mass is 15.3. The van der Waals surface area contributed by atoms with Gasteiger partial charge in [-0.1, -0.05) is 6.07 Å². The van der Waals surface area contributed by atoms with E-state index in [-0.39, 0.29) is 5.54 Å². The van der Waals surface area contributed by atoms with E-state index in [9.17, 15) is 0 Å². The van der Waals surface area contributed by atoms with Gasteiger partial charge in [-0.2, -0.15) is 0 Å². The number of nitrogens with one attached hydrogen (secondary N) is 1. The Morgan fingerprint density at radius 3 is 2.87 bits per heavy atom. The largest absolute Gasteiger partial charge is 0.397 e. The third-order valence-electron chi connectivity index (χ3n) is 3.11. The molecule has 15 heavy (non-hydrogen) atoms. The van der Waals surface area contributed by atoms with Crippen LogP contribution in [-0.4, -0.2) is 18.6 Å². The van der Waals surface area contributed by atoms with E-state index >= 15 is 0 Å². The molecule has 0 atom stereocenters. The topological polar surface area (TPSA) is 41.3 Å². The van der Waals surface area contributed by atoms with E-state index in [4.69, 9.17) is 5.73 Å². The molecule has 1 aliphatic heterocycles. The maximum atomic E-state index is 5.96. The number of nitrogens with two attached hydrogens (primary N) is 1. The van der Waals surface area contributed by atoms with Gasteiger partial charge in [0.2, 0.25) is 0 Å². The van der Waals surface area contributed by atoms with Crippen LogP contribution >= 0.6 is 0 Å². The number of hydrogen-bond donors (Lipinski definition) is 2. The number of nitrogens with zero attached hydrogens (tertiary/aromatic N) is 1. The van der Waals surface area contributed by atoms with Crippen LogP contribution in [0.25, 0.3) is 0 Å². The number of rotatable bonds is 1. The van der Waals surface area contributed by atoms with E-state index in [1.165, 1.54) is 5.69 Å². The SMILES string of the molecule is CCN1c2cccc(N)c2NCC1(C)C. The fourth-order valence-corrected chi connectivity index (χ4v) is 2.30. The summed E-state index contributed by atoms with van der Waals surface area (Å²) in [5, 5.41) is 3.42. The predicted octanol–water partition coefficient (Wildman–Crippen LogP) is 2.30. The lowest BCUT2D eigenvalue weighted by atomic mass is 9.97. The van der Waals surface area contributed by atoms with Crippen LogP contribution in [0.4, 0.5) is 17.1 Å². The smallest absolute Gasteiger partial charge is 0.0812 e. The maximum Gasteiger partial charge on any atom is 0.0812 e. The van der Waals surface area contributed by atoms with Crippen molar-refractivity contribution in [2.75, 3.05) is 29.0 Å². The van der Waals surface area contributed by atoms with E-state index in [1.54, 1.807) is 0 Å². The van der Waals surface area contributed by atoms with Crippen LogP contribution in [0.1, 0.15) is 20.8 Å². The number of anilines is 3. The molecule has 0 saturated heterocycles. The van der Waals surface area contributed by atoms with Crippen LogP contribution in [0, 0.1) is 0 Å². The van der Waals surface area contributed by atoms with Gasteiger partial charge in [-0.25, -0.2) is 0 Å². The third-order valence-corrected chi connectivity index (χ3v) is 3.11. The van der Waals surface area contributed by atoms with Gasteiger partial charge in [-0.3, -0.25) is 0 Å². The van der Waals surface area contributed by atoms with Crippen molar-refractivity contribution in [2.24, 2.45) is 0 Å². The van der Waals surface area contributed by atoms with Crippen LogP contribution < -0.4 is 16.0 Å². The summed E-state index contributed by atoms with van der Waals surface area (Å²) in [5.41, 5.74) is 9.24. The lowest BCUT2D eigenvalue weighted by Gasteiger charge is -2.45. The minimum absolute atomic E-state index is 0.148. The molecule has 0 spiro atoms. The Labute approximate surface area is 91.3 Å². The lowest BCUT2D eigenvalue weighted by molar-refractivity contribution is 0.481. The van der Waals surface area contributed by atoms with Crippen molar-refractivity contribution in [1.29, 1.82) is 0 Å². The van der Waals surface area contributed by atoms with Crippen molar-refractivity contribution < 1.29 is 0 Å². The summed E-state index contributed by atoms with van der Waals surface area (Å²) in [5.74, 6) is 0. The first-order valence-electron chi connectivity index (χ1n) is 5.46. The van der Waals surface area contributed by atoms with Gasteiger partial charge in [-0.05, 0) is 32.9 Å². The van der Waals surface area contributed by atoms with Gasteiger partial charge in [-0.15, -0.1) is 0 Å². The van der Waals surface area contributed by atoms with Crippen LogP contribution in [0.2, 0.25) is 0 Å². The zero-order valence-electron chi connectivity index (χ0n) is 9.67. The molecule has 82 valence electrons.